The van der Waals surface area contributed by atoms with Crippen LogP contribution in [0.1, 0.15) is 43.7 Å². The maximum Gasteiger partial charge on any atom is 0.141 e. The molecule has 2 N–H and O–H groups in total. The summed E-state index contributed by atoms with van der Waals surface area (Å²) >= 11 is 5.77. The smallest absolute Gasteiger partial charge is 0.141 e. The summed E-state index contributed by atoms with van der Waals surface area (Å²) in [7, 11) is 0. The van der Waals surface area contributed by atoms with Gasteiger partial charge in [-0.1, -0.05) is 36.9 Å². The van der Waals surface area contributed by atoms with Crippen LogP contribution in [0, 0.1) is 11.7 Å². The van der Waals surface area contributed by atoms with E-state index in [0.717, 1.165) is 5.56 Å². The standard InChI is InChI=1S/C13H17ClFN/c14-11-8-10(6-7-12(11)15)13(16)9-4-2-1-3-5-9/h6-9,13H,1-5,16H2. The number of halogens is 2. The summed E-state index contributed by atoms with van der Waals surface area (Å²) in [6.45, 7) is 0. The number of rotatable bonds is 2. The van der Waals surface area contributed by atoms with Crippen molar-refractivity contribution in [3.05, 3.63) is 34.6 Å². The van der Waals surface area contributed by atoms with Gasteiger partial charge in [-0.15, -0.1) is 0 Å². The summed E-state index contributed by atoms with van der Waals surface area (Å²) in [6, 6.07) is 4.81. The predicted octanol–water partition coefficient (Wildman–Crippen LogP) is 4.06. The maximum absolute atomic E-state index is 13.0. The SMILES string of the molecule is NC(c1ccc(F)c(Cl)c1)C1CCCCC1. The number of benzene rings is 1. The molecule has 0 amide bonds. The van der Waals surface area contributed by atoms with Crippen molar-refractivity contribution < 1.29 is 4.39 Å². The third-order valence-corrected chi connectivity index (χ3v) is 3.78. The lowest BCUT2D eigenvalue weighted by atomic mass is 9.81. The normalized spacial score (nSPS) is 19.7. The molecule has 3 heteroatoms. The average Bonchev–Trinajstić information content (AvgIpc) is 2.33. The van der Waals surface area contributed by atoms with Gasteiger partial charge in [-0.05, 0) is 36.5 Å². The van der Waals surface area contributed by atoms with E-state index in [1.54, 1.807) is 12.1 Å². The fourth-order valence-corrected chi connectivity index (χ4v) is 2.67. The van der Waals surface area contributed by atoms with Gasteiger partial charge in [0.05, 0.1) is 5.02 Å². The van der Waals surface area contributed by atoms with Gasteiger partial charge in [-0.25, -0.2) is 4.39 Å². The number of hydrogen-bond donors (Lipinski definition) is 1. The molecule has 0 aromatic heterocycles. The lowest BCUT2D eigenvalue weighted by Crippen LogP contribution is -2.23. The molecule has 0 aliphatic heterocycles. The van der Waals surface area contributed by atoms with Crippen LogP contribution in [0.25, 0.3) is 0 Å². The van der Waals surface area contributed by atoms with Crippen molar-refractivity contribution in [1.82, 2.24) is 0 Å². The molecule has 0 spiro atoms. The molecular formula is C13H17ClFN. The molecule has 1 atom stereocenters. The van der Waals surface area contributed by atoms with Crippen molar-refractivity contribution in [2.45, 2.75) is 38.1 Å². The van der Waals surface area contributed by atoms with Gasteiger partial charge in [-0.3, -0.25) is 0 Å². The van der Waals surface area contributed by atoms with Gasteiger partial charge < -0.3 is 5.73 Å². The largest absolute Gasteiger partial charge is 0.324 e. The van der Waals surface area contributed by atoms with Gasteiger partial charge in [-0.2, -0.15) is 0 Å². The highest BCUT2D eigenvalue weighted by atomic mass is 35.5. The molecule has 1 saturated carbocycles. The topological polar surface area (TPSA) is 26.0 Å². The Morgan fingerprint density at radius 3 is 2.56 bits per heavy atom. The van der Waals surface area contributed by atoms with Gasteiger partial charge in [0.25, 0.3) is 0 Å². The molecule has 0 saturated heterocycles. The molecule has 1 aliphatic carbocycles. The van der Waals surface area contributed by atoms with Crippen LogP contribution >= 0.6 is 11.6 Å². The van der Waals surface area contributed by atoms with Crippen LogP contribution in [0.5, 0.6) is 0 Å². The highest BCUT2D eigenvalue weighted by Gasteiger charge is 2.22. The van der Waals surface area contributed by atoms with E-state index in [2.05, 4.69) is 0 Å². The zero-order chi connectivity index (χ0) is 11.5. The first-order valence-electron chi connectivity index (χ1n) is 5.89. The summed E-state index contributed by atoms with van der Waals surface area (Å²) in [4.78, 5) is 0. The lowest BCUT2D eigenvalue weighted by molar-refractivity contribution is 0.308. The van der Waals surface area contributed by atoms with Gasteiger partial charge in [0.2, 0.25) is 0 Å². The fraction of sp³-hybridized carbons (Fsp3) is 0.538. The summed E-state index contributed by atoms with van der Waals surface area (Å²) in [6.07, 6.45) is 6.18. The van der Waals surface area contributed by atoms with Crippen LogP contribution in [0.3, 0.4) is 0 Å². The van der Waals surface area contributed by atoms with Crippen molar-refractivity contribution in [2.24, 2.45) is 11.7 Å². The first kappa shape index (κ1) is 11.9. The first-order chi connectivity index (χ1) is 7.68. The molecule has 88 valence electrons. The van der Waals surface area contributed by atoms with Crippen molar-refractivity contribution in [3.63, 3.8) is 0 Å². The van der Waals surface area contributed by atoms with Crippen LogP contribution < -0.4 is 5.73 Å². The maximum atomic E-state index is 13.0. The molecule has 1 aromatic rings. The zero-order valence-corrected chi connectivity index (χ0v) is 10.0. The molecule has 1 aromatic carbocycles. The van der Waals surface area contributed by atoms with Crippen molar-refractivity contribution in [1.29, 1.82) is 0 Å². The summed E-state index contributed by atoms with van der Waals surface area (Å²) < 4.78 is 13.0. The van der Waals surface area contributed by atoms with Gasteiger partial charge in [0, 0.05) is 6.04 Å². The van der Waals surface area contributed by atoms with Crippen LogP contribution in [0.4, 0.5) is 4.39 Å². The molecule has 2 rings (SSSR count). The van der Waals surface area contributed by atoms with Gasteiger partial charge >= 0.3 is 0 Å². The van der Waals surface area contributed by atoms with E-state index in [-0.39, 0.29) is 16.9 Å². The lowest BCUT2D eigenvalue weighted by Gasteiger charge is -2.27. The first-order valence-corrected chi connectivity index (χ1v) is 6.27. The summed E-state index contributed by atoms with van der Waals surface area (Å²) in [5.41, 5.74) is 7.16. The second-order valence-electron chi connectivity index (χ2n) is 4.60. The third kappa shape index (κ3) is 2.55. The van der Waals surface area contributed by atoms with Gasteiger partial charge in [0.15, 0.2) is 0 Å². The Morgan fingerprint density at radius 2 is 1.94 bits per heavy atom. The Morgan fingerprint density at radius 1 is 1.25 bits per heavy atom. The minimum atomic E-state index is -0.374. The molecular weight excluding hydrogens is 225 g/mol. The quantitative estimate of drug-likeness (QED) is 0.830. The molecule has 1 aliphatic rings. The van der Waals surface area contributed by atoms with E-state index in [0.29, 0.717) is 5.92 Å². The van der Waals surface area contributed by atoms with E-state index in [4.69, 9.17) is 17.3 Å². The Balaban J connectivity index is 2.12. The molecule has 1 nitrogen and oxygen atoms in total. The Bertz CT molecular complexity index is 361. The van der Waals surface area contributed by atoms with Crippen molar-refractivity contribution >= 4 is 11.6 Å². The van der Waals surface area contributed by atoms with E-state index in [9.17, 15) is 4.39 Å². The van der Waals surface area contributed by atoms with Gasteiger partial charge in [0.1, 0.15) is 5.82 Å². The van der Waals surface area contributed by atoms with E-state index >= 15 is 0 Å². The van der Waals surface area contributed by atoms with E-state index in [1.165, 1.54) is 38.2 Å². The Hall–Kier alpha value is -0.600. The zero-order valence-electron chi connectivity index (χ0n) is 9.26. The van der Waals surface area contributed by atoms with Crippen LogP contribution in [-0.4, -0.2) is 0 Å². The minimum absolute atomic E-state index is 0.00148. The van der Waals surface area contributed by atoms with Crippen LogP contribution in [0.2, 0.25) is 5.02 Å². The number of hydrogen-bond acceptors (Lipinski definition) is 1. The monoisotopic (exact) mass is 241 g/mol. The van der Waals surface area contributed by atoms with Crippen LogP contribution in [0.15, 0.2) is 18.2 Å². The molecule has 1 fully saturated rings. The average molecular weight is 242 g/mol. The highest BCUT2D eigenvalue weighted by molar-refractivity contribution is 6.30. The summed E-state index contributed by atoms with van der Waals surface area (Å²) in [5.74, 6) is 0.150. The number of nitrogens with two attached hydrogens (primary N) is 1. The van der Waals surface area contributed by atoms with E-state index in [1.807, 2.05) is 0 Å². The fourth-order valence-electron chi connectivity index (χ4n) is 2.49. The van der Waals surface area contributed by atoms with Crippen LogP contribution in [-0.2, 0) is 0 Å². The van der Waals surface area contributed by atoms with Crippen molar-refractivity contribution in [2.75, 3.05) is 0 Å². The summed E-state index contributed by atoms with van der Waals surface area (Å²) in [5, 5.41) is 0.170. The second kappa shape index (κ2) is 5.15. The predicted molar refractivity (Wildman–Crippen MR) is 64.9 cm³/mol. The second-order valence-corrected chi connectivity index (χ2v) is 5.00. The minimum Gasteiger partial charge on any atom is -0.324 e. The molecule has 16 heavy (non-hydrogen) atoms. The molecule has 0 heterocycles. The molecule has 0 radical (unpaired) electrons. The highest BCUT2D eigenvalue weighted by Crippen LogP contribution is 2.33. The van der Waals surface area contributed by atoms with Crippen molar-refractivity contribution in [3.8, 4) is 0 Å². The Labute approximate surface area is 101 Å². The van der Waals surface area contributed by atoms with E-state index < -0.39 is 0 Å². The third-order valence-electron chi connectivity index (χ3n) is 3.49. The molecule has 1 unspecified atom stereocenters. The molecule has 0 bridgehead atoms. The Kier molecular flexibility index (Phi) is 3.82.